The van der Waals surface area contributed by atoms with E-state index >= 15 is 0 Å². The zero-order valence-electron chi connectivity index (χ0n) is 7.68. The van der Waals surface area contributed by atoms with Crippen molar-refractivity contribution >= 4 is 6.41 Å². The lowest BCUT2D eigenvalue weighted by atomic mass is 10.1. The molecule has 0 heterocycles. The van der Waals surface area contributed by atoms with Gasteiger partial charge in [-0.3, -0.25) is 4.79 Å². The minimum absolute atomic E-state index is 0.236. The predicted octanol–water partition coefficient (Wildman–Crippen LogP) is 0.602. The topological polar surface area (TPSA) is 46.3 Å². The summed E-state index contributed by atoms with van der Waals surface area (Å²) in [6.07, 6.45) is 1.20. The van der Waals surface area contributed by atoms with Crippen LogP contribution < -0.4 is 5.73 Å². The summed E-state index contributed by atoms with van der Waals surface area (Å²) in [7, 11) is 1.68. The van der Waals surface area contributed by atoms with Crippen LogP contribution in [0.25, 0.3) is 0 Å². The normalized spacial score (nSPS) is 12.2. The van der Waals surface area contributed by atoms with Crippen molar-refractivity contribution in [2.75, 3.05) is 7.05 Å². The number of carbonyl (C=O) groups is 1. The van der Waals surface area contributed by atoms with Crippen molar-refractivity contribution in [2.24, 2.45) is 5.73 Å². The van der Waals surface area contributed by atoms with E-state index in [0.29, 0.717) is 6.42 Å². The SMILES string of the molecule is CN(C=O)C(N)Cc1ccccc1. The van der Waals surface area contributed by atoms with Crippen molar-refractivity contribution < 1.29 is 4.79 Å². The Morgan fingerprint density at radius 2 is 2.08 bits per heavy atom. The monoisotopic (exact) mass is 178 g/mol. The molecule has 0 fully saturated rings. The number of hydrogen-bond acceptors (Lipinski definition) is 2. The van der Waals surface area contributed by atoms with E-state index < -0.39 is 0 Å². The van der Waals surface area contributed by atoms with E-state index in [1.807, 2.05) is 30.3 Å². The van der Waals surface area contributed by atoms with Gasteiger partial charge in [-0.1, -0.05) is 30.3 Å². The van der Waals surface area contributed by atoms with E-state index in [2.05, 4.69) is 0 Å². The van der Waals surface area contributed by atoms with Crippen molar-refractivity contribution in [2.45, 2.75) is 12.6 Å². The predicted molar refractivity (Wildman–Crippen MR) is 51.9 cm³/mol. The Morgan fingerprint density at radius 3 is 2.62 bits per heavy atom. The van der Waals surface area contributed by atoms with Crippen LogP contribution in [0, 0.1) is 0 Å². The Balaban J connectivity index is 2.54. The number of hydrogen-bond donors (Lipinski definition) is 1. The molecule has 13 heavy (non-hydrogen) atoms. The Kier molecular flexibility index (Phi) is 3.46. The van der Waals surface area contributed by atoms with Gasteiger partial charge >= 0.3 is 0 Å². The Bertz CT molecular complexity index is 261. The molecule has 70 valence electrons. The standard InChI is InChI=1S/C10H14N2O/c1-12(8-13)10(11)7-9-5-3-2-4-6-9/h2-6,8,10H,7,11H2,1H3. The lowest BCUT2D eigenvalue weighted by Crippen LogP contribution is -2.39. The number of benzene rings is 1. The van der Waals surface area contributed by atoms with Crippen LogP contribution >= 0.6 is 0 Å². The maximum Gasteiger partial charge on any atom is 0.210 e. The van der Waals surface area contributed by atoms with Crippen LogP contribution in [0.3, 0.4) is 0 Å². The molecule has 0 saturated carbocycles. The van der Waals surface area contributed by atoms with E-state index in [4.69, 9.17) is 5.73 Å². The van der Waals surface area contributed by atoms with Crippen LogP contribution in [-0.4, -0.2) is 24.5 Å². The van der Waals surface area contributed by atoms with Crippen molar-refractivity contribution in [3.05, 3.63) is 35.9 Å². The molecule has 3 heteroatoms. The first kappa shape index (κ1) is 9.74. The number of rotatable bonds is 4. The Morgan fingerprint density at radius 1 is 1.46 bits per heavy atom. The number of nitrogens with zero attached hydrogens (tertiary/aromatic N) is 1. The van der Waals surface area contributed by atoms with Gasteiger partial charge in [-0.05, 0) is 5.56 Å². The fraction of sp³-hybridized carbons (Fsp3) is 0.300. The summed E-state index contributed by atoms with van der Waals surface area (Å²) >= 11 is 0. The van der Waals surface area contributed by atoms with Crippen LogP contribution in [0.2, 0.25) is 0 Å². The van der Waals surface area contributed by atoms with Gasteiger partial charge in [0.15, 0.2) is 0 Å². The number of nitrogens with two attached hydrogens (primary N) is 1. The summed E-state index contributed by atoms with van der Waals surface area (Å²) in [5.41, 5.74) is 6.90. The van der Waals surface area contributed by atoms with E-state index in [9.17, 15) is 4.79 Å². The smallest absolute Gasteiger partial charge is 0.210 e. The second-order valence-corrected chi connectivity index (χ2v) is 3.03. The van der Waals surface area contributed by atoms with Crippen molar-refractivity contribution in [3.63, 3.8) is 0 Å². The third-order valence-corrected chi connectivity index (χ3v) is 1.98. The summed E-state index contributed by atoms with van der Waals surface area (Å²) < 4.78 is 0. The summed E-state index contributed by atoms with van der Waals surface area (Å²) in [4.78, 5) is 11.8. The zero-order chi connectivity index (χ0) is 9.68. The first-order valence-corrected chi connectivity index (χ1v) is 4.21. The summed E-state index contributed by atoms with van der Waals surface area (Å²) in [5, 5.41) is 0. The van der Waals surface area contributed by atoms with Crippen molar-refractivity contribution in [3.8, 4) is 0 Å². The van der Waals surface area contributed by atoms with Gasteiger partial charge in [0.2, 0.25) is 6.41 Å². The quantitative estimate of drug-likeness (QED) is 0.542. The molecule has 1 aromatic carbocycles. The molecule has 0 aromatic heterocycles. The van der Waals surface area contributed by atoms with Gasteiger partial charge in [0, 0.05) is 13.5 Å². The first-order valence-electron chi connectivity index (χ1n) is 4.21. The molecule has 0 aliphatic heterocycles. The Labute approximate surface area is 78.2 Å². The fourth-order valence-electron chi connectivity index (χ4n) is 1.08. The largest absolute Gasteiger partial charge is 0.333 e. The van der Waals surface area contributed by atoms with Gasteiger partial charge in [0.1, 0.15) is 0 Å². The maximum atomic E-state index is 10.4. The molecule has 0 saturated heterocycles. The van der Waals surface area contributed by atoms with Crippen LogP contribution in [0.15, 0.2) is 30.3 Å². The van der Waals surface area contributed by atoms with Gasteiger partial charge < -0.3 is 10.6 Å². The molecular formula is C10H14N2O. The third-order valence-electron chi connectivity index (χ3n) is 1.98. The molecule has 0 aliphatic carbocycles. The molecule has 1 rings (SSSR count). The molecule has 0 aliphatic rings. The van der Waals surface area contributed by atoms with E-state index in [-0.39, 0.29) is 6.17 Å². The van der Waals surface area contributed by atoms with Crippen LogP contribution in [-0.2, 0) is 11.2 Å². The molecule has 1 atom stereocenters. The second-order valence-electron chi connectivity index (χ2n) is 3.03. The van der Waals surface area contributed by atoms with Gasteiger partial charge in [-0.15, -0.1) is 0 Å². The molecular weight excluding hydrogens is 164 g/mol. The lowest BCUT2D eigenvalue weighted by Gasteiger charge is -2.19. The summed E-state index contributed by atoms with van der Waals surface area (Å²) in [5.74, 6) is 0. The van der Waals surface area contributed by atoms with Crippen LogP contribution in [0.1, 0.15) is 5.56 Å². The summed E-state index contributed by atoms with van der Waals surface area (Å²) in [6, 6.07) is 9.88. The minimum atomic E-state index is -0.236. The van der Waals surface area contributed by atoms with Crippen LogP contribution in [0.4, 0.5) is 0 Å². The summed E-state index contributed by atoms with van der Waals surface area (Å²) in [6.45, 7) is 0. The minimum Gasteiger partial charge on any atom is -0.333 e. The molecule has 0 bridgehead atoms. The molecule has 1 amide bonds. The number of likely N-dealkylation sites (N-methyl/N-ethyl adjacent to an activating group) is 1. The highest BCUT2D eigenvalue weighted by atomic mass is 16.1. The first-order chi connectivity index (χ1) is 6.24. The highest BCUT2D eigenvalue weighted by molar-refractivity contribution is 5.47. The van der Waals surface area contributed by atoms with E-state index in [1.54, 1.807) is 7.05 Å². The second kappa shape index (κ2) is 4.62. The van der Waals surface area contributed by atoms with Crippen molar-refractivity contribution in [1.82, 2.24) is 4.90 Å². The fourth-order valence-corrected chi connectivity index (χ4v) is 1.08. The molecule has 1 aromatic rings. The Hall–Kier alpha value is -1.35. The van der Waals surface area contributed by atoms with Gasteiger partial charge in [-0.2, -0.15) is 0 Å². The number of carbonyl (C=O) groups excluding carboxylic acids is 1. The third kappa shape index (κ3) is 2.87. The molecule has 0 spiro atoms. The average Bonchev–Trinajstić information content (AvgIpc) is 2.18. The maximum absolute atomic E-state index is 10.4. The lowest BCUT2D eigenvalue weighted by molar-refractivity contribution is -0.118. The average molecular weight is 178 g/mol. The van der Waals surface area contributed by atoms with Gasteiger partial charge in [-0.25, -0.2) is 0 Å². The van der Waals surface area contributed by atoms with Crippen LogP contribution in [0.5, 0.6) is 0 Å². The van der Waals surface area contributed by atoms with Gasteiger partial charge in [0.05, 0.1) is 6.17 Å². The molecule has 2 N–H and O–H groups in total. The van der Waals surface area contributed by atoms with Crippen molar-refractivity contribution in [1.29, 1.82) is 0 Å². The molecule has 0 radical (unpaired) electrons. The molecule has 3 nitrogen and oxygen atoms in total. The van der Waals surface area contributed by atoms with E-state index in [0.717, 1.165) is 12.0 Å². The zero-order valence-corrected chi connectivity index (χ0v) is 7.68. The number of amides is 1. The van der Waals surface area contributed by atoms with Gasteiger partial charge in [0.25, 0.3) is 0 Å². The highest BCUT2D eigenvalue weighted by Gasteiger charge is 2.06. The molecule has 1 unspecified atom stereocenters. The highest BCUT2D eigenvalue weighted by Crippen LogP contribution is 2.02. The van der Waals surface area contributed by atoms with E-state index in [1.165, 1.54) is 4.90 Å².